The summed E-state index contributed by atoms with van der Waals surface area (Å²) in [6.45, 7) is 1.98. The van der Waals surface area contributed by atoms with Crippen molar-refractivity contribution in [2.45, 2.75) is 57.7 Å². The van der Waals surface area contributed by atoms with E-state index in [1.807, 2.05) is 0 Å². The second kappa shape index (κ2) is 8.59. The van der Waals surface area contributed by atoms with Crippen LogP contribution in [0.1, 0.15) is 45.4 Å². The molecule has 0 saturated heterocycles. The lowest BCUT2D eigenvalue weighted by molar-refractivity contribution is -0.174. The number of hydrogen-bond donors (Lipinski definition) is 1. The van der Waals surface area contributed by atoms with Crippen molar-refractivity contribution in [2.75, 3.05) is 19.8 Å². The molecule has 0 aromatic carbocycles. The lowest BCUT2D eigenvalue weighted by Crippen LogP contribution is -2.33. The maximum absolute atomic E-state index is 12.0. The summed E-state index contributed by atoms with van der Waals surface area (Å²) < 4.78 is 40.7. The molecule has 1 N–H and O–H groups in total. The molecule has 0 heterocycles. The van der Waals surface area contributed by atoms with Crippen LogP contribution in [-0.4, -0.2) is 32.0 Å². The molecule has 0 spiro atoms. The molecule has 112 valence electrons. The highest BCUT2D eigenvalue weighted by Crippen LogP contribution is 2.22. The van der Waals surface area contributed by atoms with Crippen LogP contribution in [0.25, 0.3) is 0 Å². The van der Waals surface area contributed by atoms with Crippen molar-refractivity contribution in [2.24, 2.45) is 0 Å². The average Bonchev–Trinajstić information content (AvgIpc) is 2.38. The van der Waals surface area contributed by atoms with Gasteiger partial charge < -0.3 is 10.1 Å². The summed E-state index contributed by atoms with van der Waals surface area (Å²) in [4.78, 5) is 0. The van der Waals surface area contributed by atoms with Gasteiger partial charge in [-0.25, -0.2) is 0 Å². The maximum Gasteiger partial charge on any atom is 0.411 e. The van der Waals surface area contributed by atoms with Crippen LogP contribution in [0.4, 0.5) is 13.2 Å². The molecule has 1 aliphatic rings. The molecule has 0 saturated carbocycles. The molecular weight excluding hydrogens is 255 g/mol. The molecule has 0 aromatic heterocycles. The van der Waals surface area contributed by atoms with Crippen molar-refractivity contribution in [3.63, 3.8) is 0 Å². The Morgan fingerprint density at radius 3 is 2.74 bits per heavy atom. The minimum absolute atomic E-state index is 0.151. The normalized spacial score (nSPS) is 18.2. The highest BCUT2D eigenvalue weighted by Gasteiger charge is 2.27. The van der Waals surface area contributed by atoms with Gasteiger partial charge in [0.25, 0.3) is 0 Å². The Morgan fingerprint density at radius 2 is 2.16 bits per heavy atom. The van der Waals surface area contributed by atoms with E-state index in [-0.39, 0.29) is 12.6 Å². The molecule has 1 unspecified atom stereocenters. The lowest BCUT2D eigenvalue weighted by Gasteiger charge is -2.24. The molecule has 0 radical (unpaired) electrons. The van der Waals surface area contributed by atoms with Crippen LogP contribution in [0.5, 0.6) is 0 Å². The molecule has 0 bridgehead atoms. The molecule has 2 nitrogen and oxygen atoms in total. The van der Waals surface area contributed by atoms with Crippen molar-refractivity contribution in [1.82, 2.24) is 5.32 Å². The predicted molar refractivity (Wildman–Crippen MR) is 70.1 cm³/mol. The van der Waals surface area contributed by atoms with Gasteiger partial charge in [0, 0.05) is 12.6 Å². The van der Waals surface area contributed by atoms with Crippen LogP contribution in [-0.2, 0) is 4.74 Å². The molecule has 0 aliphatic heterocycles. The minimum atomic E-state index is -4.23. The first kappa shape index (κ1) is 16.5. The van der Waals surface area contributed by atoms with Crippen LogP contribution >= 0.6 is 0 Å². The van der Waals surface area contributed by atoms with Gasteiger partial charge >= 0.3 is 6.18 Å². The summed E-state index contributed by atoms with van der Waals surface area (Å²) in [7, 11) is 0. The zero-order valence-electron chi connectivity index (χ0n) is 11.6. The Morgan fingerprint density at radius 1 is 1.37 bits per heavy atom. The second-order valence-electron chi connectivity index (χ2n) is 4.99. The van der Waals surface area contributed by atoms with Gasteiger partial charge in [0.05, 0.1) is 0 Å². The molecule has 1 aliphatic carbocycles. The number of alkyl halides is 3. The van der Waals surface area contributed by atoms with E-state index in [0.29, 0.717) is 6.42 Å². The Hall–Kier alpha value is -0.550. The van der Waals surface area contributed by atoms with E-state index >= 15 is 0 Å². The standard InChI is InChI=1S/C14H24F3NO/c1-2-9-18-13(12-6-4-3-5-7-12)8-10-19-11-14(15,16)17/h6,13,18H,2-5,7-11H2,1H3. The van der Waals surface area contributed by atoms with E-state index in [4.69, 9.17) is 4.74 Å². The smallest absolute Gasteiger partial charge is 0.372 e. The molecule has 0 amide bonds. The van der Waals surface area contributed by atoms with Gasteiger partial charge in [-0.3, -0.25) is 0 Å². The second-order valence-corrected chi connectivity index (χ2v) is 4.99. The van der Waals surface area contributed by atoms with Crippen molar-refractivity contribution in [1.29, 1.82) is 0 Å². The van der Waals surface area contributed by atoms with Gasteiger partial charge in [-0.05, 0) is 45.1 Å². The lowest BCUT2D eigenvalue weighted by atomic mass is 9.92. The predicted octanol–water partition coefficient (Wildman–Crippen LogP) is 3.82. The van der Waals surface area contributed by atoms with Gasteiger partial charge in [0.15, 0.2) is 0 Å². The van der Waals surface area contributed by atoms with E-state index in [1.165, 1.54) is 18.4 Å². The number of hydrogen-bond acceptors (Lipinski definition) is 2. The van der Waals surface area contributed by atoms with Gasteiger partial charge in [-0.15, -0.1) is 0 Å². The Labute approximate surface area is 113 Å². The minimum Gasteiger partial charge on any atom is -0.372 e. The summed E-state index contributed by atoms with van der Waals surface area (Å²) in [6, 6.07) is 0.175. The van der Waals surface area contributed by atoms with Crippen molar-refractivity contribution >= 4 is 0 Å². The number of rotatable bonds is 8. The van der Waals surface area contributed by atoms with Gasteiger partial charge in [0.1, 0.15) is 6.61 Å². The summed E-state index contributed by atoms with van der Waals surface area (Å²) in [6.07, 6.45) is 4.18. The first-order chi connectivity index (χ1) is 9.03. The number of nitrogens with one attached hydrogen (secondary N) is 1. The third kappa shape index (κ3) is 7.57. The van der Waals surface area contributed by atoms with E-state index < -0.39 is 12.8 Å². The third-order valence-electron chi connectivity index (χ3n) is 3.23. The van der Waals surface area contributed by atoms with Crippen LogP contribution in [0.2, 0.25) is 0 Å². The van der Waals surface area contributed by atoms with E-state index in [9.17, 15) is 13.2 Å². The molecule has 0 fully saturated rings. The van der Waals surface area contributed by atoms with Crippen LogP contribution in [0.3, 0.4) is 0 Å². The fraction of sp³-hybridized carbons (Fsp3) is 0.857. The number of allylic oxidation sites excluding steroid dienone is 1. The first-order valence-electron chi connectivity index (χ1n) is 7.09. The van der Waals surface area contributed by atoms with Crippen molar-refractivity contribution < 1.29 is 17.9 Å². The molecule has 5 heteroatoms. The summed E-state index contributed by atoms with van der Waals surface area (Å²) in [5.74, 6) is 0. The highest BCUT2D eigenvalue weighted by molar-refractivity contribution is 5.13. The largest absolute Gasteiger partial charge is 0.411 e. The fourth-order valence-corrected chi connectivity index (χ4v) is 2.31. The topological polar surface area (TPSA) is 21.3 Å². The van der Waals surface area contributed by atoms with E-state index in [0.717, 1.165) is 25.8 Å². The van der Waals surface area contributed by atoms with Gasteiger partial charge in [-0.2, -0.15) is 13.2 Å². The molecule has 1 rings (SSSR count). The van der Waals surface area contributed by atoms with Crippen LogP contribution < -0.4 is 5.32 Å². The Bertz CT molecular complexity index is 276. The zero-order valence-corrected chi connectivity index (χ0v) is 11.6. The van der Waals surface area contributed by atoms with Gasteiger partial charge in [0.2, 0.25) is 0 Å². The van der Waals surface area contributed by atoms with E-state index in [1.54, 1.807) is 0 Å². The van der Waals surface area contributed by atoms with Gasteiger partial charge in [-0.1, -0.05) is 18.6 Å². The summed E-state index contributed by atoms with van der Waals surface area (Å²) in [5.41, 5.74) is 1.34. The quantitative estimate of drug-likeness (QED) is 0.538. The van der Waals surface area contributed by atoms with E-state index in [2.05, 4.69) is 18.3 Å². The monoisotopic (exact) mass is 279 g/mol. The third-order valence-corrected chi connectivity index (χ3v) is 3.23. The van der Waals surface area contributed by atoms with Crippen molar-refractivity contribution in [3.8, 4) is 0 Å². The zero-order chi connectivity index (χ0) is 14.1. The summed E-state index contributed by atoms with van der Waals surface area (Å²) >= 11 is 0. The van der Waals surface area contributed by atoms with Crippen LogP contribution in [0.15, 0.2) is 11.6 Å². The molecule has 19 heavy (non-hydrogen) atoms. The van der Waals surface area contributed by atoms with Crippen molar-refractivity contribution in [3.05, 3.63) is 11.6 Å². The number of ether oxygens (including phenoxy) is 1. The Kier molecular flexibility index (Phi) is 7.46. The molecular formula is C14H24F3NO. The Balaban J connectivity index is 2.34. The maximum atomic E-state index is 12.0. The SMILES string of the molecule is CCCNC(CCOCC(F)(F)F)C1=CCCCC1. The molecule has 0 aromatic rings. The summed E-state index contributed by atoms with van der Waals surface area (Å²) in [5, 5.41) is 3.41. The number of halogens is 3. The first-order valence-corrected chi connectivity index (χ1v) is 7.09. The highest BCUT2D eigenvalue weighted by atomic mass is 19.4. The molecule has 1 atom stereocenters. The average molecular weight is 279 g/mol. The fourth-order valence-electron chi connectivity index (χ4n) is 2.31. The van der Waals surface area contributed by atoms with Crippen LogP contribution in [0, 0.1) is 0 Å².